The van der Waals surface area contributed by atoms with Crippen molar-refractivity contribution in [3.05, 3.63) is 64.0 Å². The van der Waals surface area contributed by atoms with Crippen molar-refractivity contribution in [2.24, 2.45) is 7.05 Å². The van der Waals surface area contributed by atoms with Crippen LogP contribution in [0.25, 0.3) is 22.2 Å². The zero-order valence-electron chi connectivity index (χ0n) is 19.2. The molecule has 176 valence electrons. The Morgan fingerprint density at radius 2 is 1.85 bits per heavy atom. The van der Waals surface area contributed by atoms with Crippen LogP contribution in [0.2, 0.25) is 5.02 Å². The fraction of sp³-hybridized carbons (Fsp3) is 0.360. The van der Waals surface area contributed by atoms with Crippen LogP contribution in [-0.4, -0.2) is 37.2 Å². The third kappa shape index (κ3) is 4.50. The number of pyridine rings is 1. The number of fused-ring (bicyclic) bond motifs is 1. The SMILES string of the molecule is CCNc1cc2c(cn1)c(-c1ccc(Cl)cc1)nn2[C@H]1CC[C@@H](Oc2ccc(=O)n(C)n2)CC1. The van der Waals surface area contributed by atoms with E-state index in [-0.39, 0.29) is 17.7 Å². The first-order valence-corrected chi connectivity index (χ1v) is 12.0. The van der Waals surface area contributed by atoms with Crippen molar-refractivity contribution < 1.29 is 4.74 Å². The second-order valence-electron chi connectivity index (χ2n) is 8.60. The minimum atomic E-state index is -0.149. The summed E-state index contributed by atoms with van der Waals surface area (Å²) in [5, 5.41) is 14.3. The summed E-state index contributed by atoms with van der Waals surface area (Å²) in [6.45, 7) is 2.86. The van der Waals surface area contributed by atoms with Crippen LogP contribution in [0.15, 0.2) is 53.5 Å². The van der Waals surface area contributed by atoms with Crippen molar-refractivity contribution in [1.29, 1.82) is 0 Å². The smallest absolute Gasteiger partial charge is 0.266 e. The van der Waals surface area contributed by atoms with Gasteiger partial charge in [0, 0.05) is 54.0 Å². The molecule has 3 aromatic heterocycles. The van der Waals surface area contributed by atoms with Crippen molar-refractivity contribution in [1.82, 2.24) is 24.5 Å². The zero-order valence-corrected chi connectivity index (χ0v) is 20.0. The van der Waals surface area contributed by atoms with Crippen LogP contribution < -0.4 is 15.6 Å². The molecule has 1 N–H and O–H groups in total. The van der Waals surface area contributed by atoms with Crippen molar-refractivity contribution in [2.45, 2.75) is 44.8 Å². The molecule has 1 aromatic carbocycles. The average Bonchev–Trinajstić information content (AvgIpc) is 3.21. The molecule has 0 unspecified atom stereocenters. The number of hydrogen-bond donors (Lipinski definition) is 1. The number of aromatic nitrogens is 5. The van der Waals surface area contributed by atoms with Gasteiger partial charge < -0.3 is 10.1 Å². The van der Waals surface area contributed by atoms with Gasteiger partial charge in [-0.25, -0.2) is 9.67 Å². The number of aryl methyl sites for hydroxylation is 1. The van der Waals surface area contributed by atoms with Gasteiger partial charge in [0.2, 0.25) is 5.88 Å². The molecule has 1 saturated carbocycles. The van der Waals surface area contributed by atoms with E-state index in [4.69, 9.17) is 21.4 Å². The molecule has 4 aromatic rings. The molecule has 9 heteroatoms. The summed E-state index contributed by atoms with van der Waals surface area (Å²) >= 11 is 6.11. The molecule has 1 aliphatic carbocycles. The third-order valence-corrected chi connectivity index (χ3v) is 6.53. The predicted octanol–water partition coefficient (Wildman–Crippen LogP) is 4.84. The lowest BCUT2D eigenvalue weighted by atomic mass is 9.93. The number of rotatable bonds is 6. The van der Waals surface area contributed by atoms with Gasteiger partial charge in [-0.15, -0.1) is 5.10 Å². The van der Waals surface area contributed by atoms with E-state index in [0.717, 1.165) is 60.2 Å². The summed E-state index contributed by atoms with van der Waals surface area (Å²) in [7, 11) is 1.63. The normalized spacial score (nSPS) is 18.2. The fourth-order valence-electron chi connectivity index (χ4n) is 4.53. The molecule has 3 heterocycles. The van der Waals surface area contributed by atoms with Crippen LogP contribution in [0.3, 0.4) is 0 Å². The lowest BCUT2D eigenvalue weighted by Crippen LogP contribution is -2.27. The summed E-state index contributed by atoms with van der Waals surface area (Å²) in [6.07, 6.45) is 5.62. The summed E-state index contributed by atoms with van der Waals surface area (Å²) < 4.78 is 9.52. The fourth-order valence-corrected chi connectivity index (χ4v) is 4.66. The van der Waals surface area contributed by atoms with Crippen molar-refractivity contribution in [3.8, 4) is 17.1 Å². The maximum atomic E-state index is 11.6. The van der Waals surface area contributed by atoms with Crippen molar-refractivity contribution in [2.75, 3.05) is 11.9 Å². The van der Waals surface area contributed by atoms with Gasteiger partial charge in [-0.3, -0.25) is 9.48 Å². The predicted molar refractivity (Wildman–Crippen MR) is 134 cm³/mol. The topological polar surface area (TPSA) is 86.9 Å². The standard InChI is InChI=1S/C25H27ClN6O2/c1-3-27-22-14-21-20(15-28-22)25(16-4-6-17(26)7-5-16)30-32(21)18-8-10-19(11-9-18)34-23-12-13-24(33)31(2)29-23/h4-7,12-15,18-19H,3,8-11H2,1-2H3,(H,27,28)/t18-,19+. The lowest BCUT2D eigenvalue weighted by Gasteiger charge is -2.29. The molecule has 0 radical (unpaired) electrons. The molecule has 0 amide bonds. The Kier molecular flexibility index (Phi) is 6.24. The number of nitrogens with zero attached hydrogens (tertiary/aromatic N) is 5. The van der Waals surface area contributed by atoms with Crippen molar-refractivity contribution >= 4 is 28.3 Å². The van der Waals surface area contributed by atoms with Gasteiger partial charge in [0.1, 0.15) is 17.6 Å². The van der Waals surface area contributed by atoms with Gasteiger partial charge in [0.15, 0.2) is 0 Å². The van der Waals surface area contributed by atoms with Gasteiger partial charge in [0.05, 0.1) is 11.6 Å². The first kappa shape index (κ1) is 22.4. The number of nitrogens with one attached hydrogen (secondary N) is 1. The number of ether oxygens (including phenoxy) is 1. The summed E-state index contributed by atoms with van der Waals surface area (Å²) in [6, 6.07) is 13.2. The molecular formula is C25H27ClN6O2. The molecule has 1 fully saturated rings. The Balaban J connectivity index is 1.41. The Labute approximate surface area is 202 Å². The molecule has 0 spiro atoms. The van der Waals surface area contributed by atoms with E-state index in [9.17, 15) is 4.79 Å². The molecule has 0 saturated heterocycles. The highest BCUT2D eigenvalue weighted by Gasteiger charge is 2.27. The van der Waals surface area contributed by atoms with Gasteiger partial charge in [-0.05, 0) is 44.7 Å². The molecular weight excluding hydrogens is 452 g/mol. The quantitative estimate of drug-likeness (QED) is 0.426. The molecule has 5 rings (SSSR count). The second-order valence-corrected chi connectivity index (χ2v) is 9.04. The number of hydrogen-bond acceptors (Lipinski definition) is 6. The number of halogens is 1. The highest BCUT2D eigenvalue weighted by atomic mass is 35.5. The van der Waals surface area contributed by atoms with Gasteiger partial charge >= 0.3 is 0 Å². The Hall–Kier alpha value is -3.39. The molecule has 0 atom stereocenters. The summed E-state index contributed by atoms with van der Waals surface area (Å²) in [4.78, 5) is 16.2. The Morgan fingerprint density at radius 1 is 1.09 bits per heavy atom. The van der Waals surface area contributed by atoms with E-state index < -0.39 is 0 Å². The number of anilines is 1. The molecule has 8 nitrogen and oxygen atoms in total. The van der Waals surface area contributed by atoms with E-state index in [0.29, 0.717) is 10.9 Å². The molecule has 0 bridgehead atoms. The highest BCUT2D eigenvalue weighted by molar-refractivity contribution is 6.30. The van der Waals surface area contributed by atoms with Crippen LogP contribution >= 0.6 is 11.6 Å². The molecule has 0 aliphatic heterocycles. The first-order chi connectivity index (χ1) is 16.5. The molecule has 34 heavy (non-hydrogen) atoms. The lowest BCUT2D eigenvalue weighted by molar-refractivity contribution is 0.123. The first-order valence-electron chi connectivity index (χ1n) is 11.6. The number of benzene rings is 1. The van der Waals surface area contributed by atoms with E-state index in [1.54, 1.807) is 13.1 Å². The van der Waals surface area contributed by atoms with Crippen LogP contribution in [0.4, 0.5) is 5.82 Å². The summed E-state index contributed by atoms with van der Waals surface area (Å²) in [5.74, 6) is 1.33. The highest BCUT2D eigenvalue weighted by Crippen LogP contribution is 2.36. The second kappa shape index (κ2) is 9.46. The third-order valence-electron chi connectivity index (χ3n) is 6.28. The van der Waals surface area contributed by atoms with E-state index in [1.807, 2.05) is 30.5 Å². The largest absolute Gasteiger partial charge is 0.473 e. The Bertz CT molecular complexity index is 1360. The van der Waals surface area contributed by atoms with Gasteiger partial charge in [-0.1, -0.05) is 23.7 Å². The van der Waals surface area contributed by atoms with Gasteiger partial charge in [-0.2, -0.15) is 5.10 Å². The minimum absolute atomic E-state index is 0.0674. The van der Waals surface area contributed by atoms with Crippen LogP contribution in [0, 0.1) is 0 Å². The van der Waals surface area contributed by atoms with Crippen LogP contribution in [0.5, 0.6) is 5.88 Å². The monoisotopic (exact) mass is 478 g/mol. The minimum Gasteiger partial charge on any atom is -0.473 e. The molecule has 1 aliphatic rings. The Morgan fingerprint density at radius 3 is 2.56 bits per heavy atom. The maximum absolute atomic E-state index is 11.6. The maximum Gasteiger partial charge on any atom is 0.266 e. The van der Waals surface area contributed by atoms with E-state index in [2.05, 4.69) is 33.1 Å². The van der Waals surface area contributed by atoms with Crippen LogP contribution in [0.1, 0.15) is 38.6 Å². The van der Waals surface area contributed by atoms with Crippen LogP contribution in [-0.2, 0) is 7.05 Å². The van der Waals surface area contributed by atoms with Gasteiger partial charge in [0.25, 0.3) is 5.56 Å². The summed E-state index contributed by atoms with van der Waals surface area (Å²) in [5.41, 5.74) is 2.85. The average molecular weight is 479 g/mol. The zero-order chi connectivity index (χ0) is 23.7. The van der Waals surface area contributed by atoms with Crippen molar-refractivity contribution in [3.63, 3.8) is 0 Å². The van der Waals surface area contributed by atoms with E-state index >= 15 is 0 Å². The van der Waals surface area contributed by atoms with E-state index in [1.165, 1.54) is 10.7 Å².